The van der Waals surface area contributed by atoms with Crippen LogP contribution < -0.4 is 5.73 Å². The third-order valence-electron chi connectivity index (χ3n) is 3.85. The summed E-state index contributed by atoms with van der Waals surface area (Å²) < 4.78 is 2.93. The Morgan fingerprint density at radius 2 is 2.32 bits per heavy atom. The lowest BCUT2D eigenvalue weighted by molar-refractivity contribution is 0.227. The van der Waals surface area contributed by atoms with Gasteiger partial charge in [-0.15, -0.1) is 0 Å². The van der Waals surface area contributed by atoms with Gasteiger partial charge in [0.05, 0.1) is 0 Å². The van der Waals surface area contributed by atoms with E-state index in [0.29, 0.717) is 12.0 Å². The Morgan fingerprint density at radius 3 is 3.00 bits per heavy atom. The first-order valence-electron chi connectivity index (χ1n) is 6.55. The number of imidazole rings is 1. The molecule has 1 saturated carbocycles. The molecule has 102 valence electrons. The number of nitrogens with zero attached hydrogens (tertiary/aromatic N) is 4. The van der Waals surface area contributed by atoms with Crippen molar-refractivity contribution in [2.45, 2.75) is 38.4 Å². The molecule has 19 heavy (non-hydrogen) atoms. The van der Waals surface area contributed by atoms with Crippen molar-refractivity contribution in [3.8, 4) is 0 Å². The summed E-state index contributed by atoms with van der Waals surface area (Å²) in [5.74, 6) is 0.539. The molecule has 1 atom stereocenters. The Kier molecular flexibility index (Phi) is 3.22. The largest absolute Gasteiger partial charge is 0.369 e. The number of fused-ring (bicyclic) bond motifs is 1. The number of aromatic nitrogens is 3. The first kappa shape index (κ1) is 12.9. The summed E-state index contributed by atoms with van der Waals surface area (Å²) >= 11 is 3.41. The molecule has 1 aliphatic rings. The lowest BCUT2D eigenvalue weighted by Crippen LogP contribution is -2.34. The molecule has 3 rings (SSSR count). The SMILES string of the molecule is CC(Cn1c(N)nc2cc(Br)cnc21)N(C)C1CC1. The summed E-state index contributed by atoms with van der Waals surface area (Å²) in [6, 6.07) is 3.12. The maximum atomic E-state index is 6.02. The van der Waals surface area contributed by atoms with Crippen molar-refractivity contribution in [1.82, 2.24) is 19.4 Å². The number of rotatable bonds is 4. The van der Waals surface area contributed by atoms with Crippen LogP contribution in [0.15, 0.2) is 16.7 Å². The summed E-state index contributed by atoms with van der Waals surface area (Å²) in [4.78, 5) is 11.2. The highest BCUT2D eigenvalue weighted by molar-refractivity contribution is 9.10. The van der Waals surface area contributed by atoms with E-state index < -0.39 is 0 Å². The molecule has 6 heteroatoms. The molecule has 0 aliphatic heterocycles. The number of halogens is 1. The standard InChI is InChI=1S/C13H18BrN5/c1-8(18(2)10-3-4-10)7-19-12-11(17-13(19)15)5-9(14)6-16-12/h5-6,8,10H,3-4,7H2,1-2H3,(H2,15,17). The Morgan fingerprint density at radius 1 is 1.58 bits per heavy atom. The third kappa shape index (κ3) is 2.47. The normalized spacial score (nSPS) is 17.3. The van der Waals surface area contributed by atoms with Crippen LogP contribution in [0.25, 0.3) is 11.2 Å². The van der Waals surface area contributed by atoms with E-state index in [1.165, 1.54) is 12.8 Å². The smallest absolute Gasteiger partial charge is 0.202 e. The van der Waals surface area contributed by atoms with Gasteiger partial charge in [-0.05, 0) is 48.8 Å². The van der Waals surface area contributed by atoms with Gasteiger partial charge >= 0.3 is 0 Å². The first-order valence-corrected chi connectivity index (χ1v) is 7.34. The van der Waals surface area contributed by atoms with E-state index in [9.17, 15) is 0 Å². The maximum Gasteiger partial charge on any atom is 0.202 e. The predicted octanol–water partition coefficient (Wildman–Crippen LogP) is 2.26. The van der Waals surface area contributed by atoms with Gasteiger partial charge < -0.3 is 5.73 Å². The lowest BCUT2D eigenvalue weighted by atomic mass is 10.3. The van der Waals surface area contributed by atoms with Crippen molar-refractivity contribution in [2.24, 2.45) is 0 Å². The minimum atomic E-state index is 0.428. The van der Waals surface area contributed by atoms with Gasteiger partial charge in [0, 0.05) is 29.3 Å². The number of nitrogen functional groups attached to an aromatic ring is 1. The predicted molar refractivity (Wildman–Crippen MR) is 79.9 cm³/mol. The molecule has 0 saturated heterocycles. The second kappa shape index (κ2) is 4.76. The molecule has 2 aromatic rings. The van der Waals surface area contributed by atoms with Gasteiger partial charge in [-0.2, -0.15) is 0 Å². The van der Waals surface area contributed by atoms with Crippen LogP contribution in [-0.2, 0) is 6.54 Å². The molecule has 2 heterocycles. The fourth-order valence-electron chi connectivity index (χ4n) is 2.42. The lowest BCUT2D eigenvalue weighted by Gasteiger charge is -2.25. The van der Waals surface area contributed by atoms with Crippen LogP contribution >= 0.6 is 15.9 Å². The van der Waals surface area contributed by atoms with E-state index in [1.54, 1.807) is 6.20 Å². The molecular weight excluding hydrogens is 306 g/mol. The van der Waals surface area contributed by atoms with Crippen molar-refractivity contribution in [3.63, 3.8) is 0 Å². The summed E-state index contributed by atoms with van der Waals surface area (Å²) in [7, 11) is 2.18. The molecule has 0 radical (unpaired) electrons. The van der Waals surface area contributed by atoms with Crippen LogP contribution in [0.2, 0.25) is 0 Å². The minimum Gasteiger partial charge on any atom is -0.369 e. The van der Waals surface area contributed by atoms with Gasteiger partial charge in [-0.1, -0.05) is 0 Å². The Bertz CT molecular complexity index is 604. The molecular formula is C13H18BrN5. The van der Waals surface area contributed by atoms with Gasteiger partial charge in [-0.3, -0.25) is 9.47 Å². The average molecular weight is 324 g/mol. The highest BCUT2D eigenvalue weighted by atomic mass is 79.9. The number of pyridine rings is 1. The molecule has 0 bridgehead atoms. The number of hydrogen-bond acceptors (Lipinski definition) is 4. The molecule has 1 unspecified atom stereocenters. The van der Waals surface area contributed by atoms with E-state index >= 15 is 0 Å². The Hall–Kier alpha value is -1.14. The monoisotopic (exact) mass is 323 g/mol. The zero-order valence-electron chi connectivity index (χ0n) is 11.2. The van der Waals surface area contributed by atoms with Gasteiger partial charge in [-0.25, -0.2) is 9.97 Å². The van der Waals surface area contributed by atoms with Crippen LogP contribution in [0, 0.1) is 0 Å². The number of nitrogens with two attached hydrogens (primary N) is 1. The van der Waals surface area contributed by atoms with Crippen molar-refractivity contribution in [3.05, 3.63) is 16.7 Å². The topological polar surface area (TPSA) is 60.0 Å². The van der Waals surface area contributed by atoms with Gasteiger partial charge in [0.2, 0.25) is 5.95 Å². The van der Waals surface area contributed by atoms with Crippen molar-refractivity contribution >= 4 is 33.0 Å². The number of hydrogen-bond donors (Lipinski definition) is 1. The summed E-state index contributed by atoms with van der Waals surface area (Å²) in [5, 5.41) is 0. The molecule has 1 fully saturated rings. The molecule has 0 spiro atoms. The van der Waals surface area contributed by atoms with Crippen molar-refractivity contribution in [2.75, 3.05) is 12.8 Å². The second-order valence-electron chi connectivity index (χ2n) is 5.32. The molecule has 2 N–H and O–H groups in total. The van der Waals surface area contributed by atoms with Gasteiger partial charge in [0.25, 0.3) is 0 Å². The molecule has 0 aromatic carbocycles. The maximum absolute atomic E-state index is 6.02. The van der Waals surface area contributed by atoms with Crippen molar-refractivity contribution < 1.29 is 0 Å². The third-order valence-corrected chi connectivity index (χ3v) is 4.28. The summed E-state index contributed by atoms with van der Waals surface area (Å²) in [5.41, 5.74) is 7.72. The zero-order chi connectivity index (χ0) is 13.6. The van der Waals surface area contributed by atoms with Crippen molar-refractivity contribution in [1.29, 1.82) is 0 Å². The molecule has 1 aliphatic carbocycles. The minimum absolute atomic E-state index is 0.428. The van der Waals surface area contributed by atoms with Crippen LogP contribution in [-0.4, -0.2) is 38.6 Å². The first-order chi connectivity index (χ1) is 9.06. The number of anilines is 1. The van der Waals surface area contributed by atoms with E-state index in [-0.39, 0.29) is 0 Å². The highest BCUT2D eigenvalue weighted by Crippen LogP contribution is 2.28. The zero-order valence-corrected chi connectivity index (χ0v) is 12.8. The van der Waals surface area contributed by atoms with E-state index in [0.717, 1.165) is 28.2 Å². The van der Waals surface area contributed by atoms with Crippen LogP contribution in [0.5, 0.6) is 0 Å². The van der Waals surface area contributed by atoms with Gasteiger partial charge in [0.1, 0.15) is 5.52 Å². The fourth-order valence-corrected chi connectivity index (χ4v) is 2.74. The Labute approximate surface area is 120 Å². The summed E-state index contributed by atoms with van der Waals surface area (Å²) in [6.45, 7) is 3.05. The molecule has 2 aromatic heterocycles. The quantitative estimate of drug-likeness (QED) is 0.937. The van der Waals surface area contributed by atoms with E-state index in [1.807, 2.05) is 10.6 Å². The van der Waals surface area contributed by atoms with E-state index in [4.69, 9.17) is 5.73 Å². The average Bonchev–Trinajstić information content (AvgIpc) is 3.15. The summed E-state index contributed by atoms with van der Waals surface area (Å²) in [6.07, 6.45) is 4.41. The highest BCUT2D eigenvalue weighted by Gasteiger charge is 2.29. The van der Waals surface area contributed by atoms with Crippen LogP contribution in [0.1, 0.15) is 19.8 Å². The fraction of sp³-hybridized carbons (Fsp3) is 0.538. The number of likely N-dealkylation sites (N-methyl/N-ethyl adjacent to an activating group) is 1. The molecule has 5 nitrogen and oxygen atoms in total. The second-order valence-corrected chi connectivity index (χ2v) is 6.24. The van der Waals surface area contributed by atoms with Crippen LogP contribution in [0.3, 0.4) is 0 Å². The molecule has 0 amide bonds. The van der Waals surface area contributed by atoms with E-state index in [2.05, 4.69) is 44.8 Å². The van der Waals surface area contributed by atoms with Crippen LogP contribution in [0.4, 0.5) is 5.95 Å². The van der Waals surface area contributed by atoms with Gasteiger partial charge in [0.15, 0.2) is 5.65 Å². The Balaban J connectivity index is 1.89.